The number of allylic oxidation sites excluding steroid dienone is 2. The van der Waals surface area contributed by atoms with Crippen LogP contribution in [0.1, 0.15) is 35.3 Å². The lowest BCUT2D eigenvalue weighted by molar-refractivity contribution is 0.0799. The Morgan fingerprint density at radius 1 is 1.24 bits per heavy atom. The molecule has 0 spiro atoms. The number of amides is 1. The fourth-order valence-electron chi connectivity index (χ4n) is 3.88. The molecule has 2 N–H and O–H groups in total. The number of hydrogen-bond donors (Lipinski definition) is 2. The van der Waals surface area contributed by atoms with Gasteiger partial charge in [0.05, 0.1) is 41.7 Å². The van der Waals surface area contributed by atoms with Crippen molar-refractivity contribution >= 4 is 28.9 Å². The van der Waals surface area contributed by atoms with Gasteiger partial charge in [-0.25, -0.2) is 9.38 Å². The maximum absolute atomic E-state index is 14.0. The molecule has 2 aromatic rings. The molecule has 0 bridgehead atoms. The second-order valence-corrected chi connectivity index (χ2v) is 8.72. The van der Waals surface area contributed by atoms with Gasteiger partial charge >= 0.3 is 0 Å². The molecule has 1 aromatic carbocycles. The van der Waals surface area contributed by atoms with Crippen LogP contribution in [-0.4, -0.2) is 46.9 Å². The Morgan fingerprint density at radius 2 is 2.03 bits per heavy atom. The molecule has 0 saturated carbocycles. The number of aliphatic imine (C=N–C) groups is 1. The second-order valence-electron chi connectivity index (χ2n) is 8.34. The van der Waals surface area contributed by atoms with Crippen molar-refractivity contribution in [3.05, 3.63) is 81.3 Å². The van der Waals surface area contributed by atoms with Crippen LogP contribution in [0.25, 0.3) is 0 Å². The first-order valence-electron chi connectivity index (χ1n) is 10.8. The van der Waals surface area contributed by atoms with Gasteiger partial charge in [-0.3, -0.25) is 9.78 Å². The van der Waals surface area contributed by atoms with Gasteiger partial charge in [-0.2, -0.15) is 0 Å². The largest absolute Gasteiger partial charge is 0.492 e. The van der Waals surface area contributed by atoms with E-state index in [1.165, 1.54) is 23.1 Å². The minimum Gasteiger partial charge on any atom is -0.492 e. The molecule has 0 radical (unpaired) electrons. The highest BCUT2D eigenvalue weighted by atomic mass is 35.5. The average molecular weight is 482 g/mol. The zero-order valence-corrected chi connectivity index (χ0v) is 20.0. The first kappa shape index (κ1) is 23.6. The van der Waals surface area contributed by atoms with Gasteiger partial charge < -0.3 is 20.4 Å². The average Bonchev–Trinajstić information content (AvgIpc) is 3.18. The van der Waals surface area contributed by atoms with Gasteiger partial charge in [0.25, 0.3) is 5.91 Å². The zero-order chi connectivity index (χ0) is 24.4. The first-order chi connectivity index (χ1) is 16.2. The maximum atomic E-state index is 14.0. The van der Waals surface area contributed by atoms with E-state index >= 15 is 0 Å². The highest BCUT2D eigenvalue weighted by Gasteiger charge is 2.32. The van der Waals surface area contributed by atoms with Crippen LogP contribution in [0.15, 0.2) is 63.8 Å². The van der Waals surface area contributed by atoms with Crippen LogP contribution in [0.2, 0.25) is 0 Å². The predicted molar refractivity (Wildman–Crippen MR) is 130 cm³/mol. The minimum atomic E-state index is -0.490. The molecular weight excluding hydrogens is 457 g/mol. The molecule has 0 aliphatic carbocycles. The van der Waals surface area contributed by atoms with E-state index in [9.17, 15) is 9.18 Å². The summed E-state index contributed by atoms with van der Waals surface area (Å²) in [5, 5.41) is 12.1. The predicted octanol–water partition coefficient (Wildman–Crippen LogP) is 4.37. The molecule has 9 heteroatoms. The number of aryl methyl sites for hydroxylation is 1. The van der Waals surface area contributed by atoms with Crippen molar-refractivity contribution in [2.24, 2.45) is 4.99 Å². The lowest BCUT2D eigenvalue weighted by Crippen LogP contribution is -2.29. The summed E-state index contributed by atoms with van der Waals surface area (Å²) in [7, 11) is 0. The molecule has 0 unspecified atom stereocenters. The summed E-state index contributed by atoms with van der Waals surface area (Å²) in [6.07, 6.45) is 4.10. The van der Waals surface area contributed by atoms with Crippen molar-refractivity contribution in [2.75, 3.05) is 19.7 Å². The third kappa shape index (κ3) is 5.02. The van der Waals surface area contributed by atoms with Crippen LogP contribution in [0, 0.1) is 18.2 Å². The summed E-state index contributed by atoms with van der Waals surface area (Å²) in [6, 6.07) is 5.88. The molecule has 1 fully saturated rings. The highest BCUT2D eigenvalue weighted by molar-refractivity contribution is 6.43. The van der Waals surface area contributed by atoms with E-state index < -0.39 is 5.82 Å². The number of carbonyl (C=O) groups is 1. The third-order valence-corrected chi connectivity index (χ3v) is 6.18. The molecule has 34 heavy (non-hydrogen) atoms. The lowest BCUT2D eigenvalue weighted by Gasteiger charge is -2.19. The number of halogens is 2. The van der Waals surface area contributed by atoms with Crippen molar-refractivity contribution in [3.8, 4) is 5.75 Å². The van der Waals surface area contributed by atoms with Crippen molar-refractivity contribution in [3.63, 3.8) is 0 Å². The van der Waals surface area contributed by atoms with Gasteiger partial charge in [0.15, 0.2) is 0 Å². The van der Waals surface area contributed by atoms with Crippen LogP contribution in [0.5, 0.6) is 5.75 Å². The Bertz CT molecular complexity index is 1270. The molecule has 0 atom stereocenters. The number of nitrogens with one attached hydrogen (secondary N) is 2. The summed E-state index contributed by atoms with van der Waals surface area (Å²) in [6.45, 7) is 6.18. The fraction of sp³-hybridized carbons (Fsp3) is 0.280. The van der Waals surface area contributed by atoms with Gasteiger partial charge in [0, 0.05) is 36.2 Å². The Morgan fingerprint density at radius 3 is 2.76 bits per heavy atom. The second kappa shape index (κ2) is 9.77. The van der Waals surface area contributed by atoms with Gasteiger partial charge in [-0.1, -0.05) is 17.7 Å². The smallest absolute Gasteiger partial charge is 0.258 e. The number of ether oxygens (including phenoxy) is 1. The van der Waals surface area contributed by atoms with Gasteiger partial charge in [0.2, 0.25) is 0 Å². The quantitative estimate of drug-likeness (QED) is 0.663. The van der Waals surface area contributed by atoms with Crippen LogP contribution in [0.3, 0.4) is 0 Å². The van der Waals surface area contributed by atoms with Crippen LogP contribution in [0.4, 0.5) is 4.39 Å². The van der Waals surface area contributed by atoms with Crippen molar-refractivity contribution < 1.29 is 13.9 Å². The fourth-order valence-corrected chi connectivity index (χ4v) is 3.97. The number of rotatable bonds is 5. The third-order valence-electron chi connectivity index (χ3n) is 5.62. The molecule has 1 aromatic heterocycles. The number of carbonyl (C=O) groups excluding carboxylic acids is 1. The standard InChI is InChI=1S/C25H25ClFN5O2/c1-14-8-17(11-29-10-14)6-7-34-22-9-18(27)4-5-19(22)25(33)32-12-20(21(28)13-32)24-30-15(2)23(26)16(3)31-24/h4-5,8-11,28,30H,6-7,12-13H2,1-3H3/b24-20+,28-21?. The number of pyridine rings is 1. The van der Waals surface area contributed by atoms with Crippen molar-refractivity contribution in [1.82, 2.24) is 15.2 Å². The number of hydrogen-bond acceptors (Lipinski definition) is 6. The number of nitrogens with zero attached hydrogens (tertiary/aromatic N) is 3. The van der Waals surface area contributed by atoms with E-state index in [2.05, 4.69) is 15.3 Å². The van der Waals surface area contributed by atoms with E-state index in [0.29, 0.717) is 28.6 Å². The summed E-state index contributed by atoms with van der Waals surface area (Å²) in [4.78, 5) is 23.5. The molecule has 1 amide bonds. The first-order valence-corrected chi connectivity index (χ1v) is 11.2. The Hall–Kier alpha value is -3.52. The number of likely N-dealkylation sites (tertiary alicyclic amines) is 1. The maximum Gasteiger partial charge on any atom is 0.258 e. The Labute approximate surface area is 202 Å². The Balaban J connectivity index is 1.51. The highest BCUT2D eigenvalue weighted by Crippen LogP contribution is 2.27. The van der Waals surface area contributed by atoms with Crippen LogP contribution in [-0.2, 0) is 6.42 Å². The van der Waals surface area contributed by atoms with E-state index in [-0.39, 0.29) is 42.6 Å². The summed E-state index contributed by atoms with van der Waals surface area (Å²) in [5.41, 5.74) is 4.58. The van der Waals surface area contributed by atoms with Crippen LogP contribution < -0.4 is 10.1 Å². The molecule has 2 aliphatic rings. The lowest BCUT2D eigenvalue weighted by atomic mass is 10.1. The van der Waals surface area contributed by atoms with Crippen molar-refractivity contribution in [2.45, 2.75) is 27.2 Å². The summed E-state index contributed by atoms with van der Waals surface area (Å²) >= 11 is 6.20. The molecule has 2 aliphatic heterocycles. The van der Waals surface area contributed by atoms with Crippen molar-refractivity contribution in [1.29, 1.82) is 5.41 Å². The number of benzene rings is 1. The van der Waals surface area contributed by atoms with Gasteiger partial charge in [0.1, 0.15) is 17.4 Å². The molecule has 7 nitrogen and oxygen atoms in total. The van der Waals surface area contributed by atoms with Gasteiger partial charge in [-0.05, 0) is 44.0 Å². The molecule has 4 rings (SSSR count). The van der Waals surface area contributed by atoms with E-state index in [4.69, 9.17) is 21.7 Å². The van der Waals surface area contributed by atoms with E-state index in [1.807, 2.05) is 19.9 Å². The SMILES string of the molecule is CC1=N/C(=C2\CN(C(=O)c3ccc(F)cc3OCCc3cncc(C)c3)CC2=N)NC(C)=C1Cl. The molecular formula is C25H25ClFN5O2. The van der Waals surface area contributed by atoms with E-state index in [0.717, 1.165) is 16.8 Å². The van der Waals surface area contributed by atoms with Gasteiger partial charge in [-0.15, -0.1) is 0 Å². The zero-order valence-electron chi connectivity index (χ0n) is 19.2. The molecule has 176 valence electrons. The molecule has 3 heterocycles. The molecule has 1 saturated heterocycles. The monoisotopic (exact) mass is 481 g/mol. The van der Waals surface area contributed by atoms with E-state index in [1.54, 1.807) is 19.3 Å². The van der Waals surface area contributed by atoms with Crippen LogP contribution >= 0.6 is 11.6 Å². The topological polar surface area (TPSA) is 90.7 Å². The minimum absolute atomic E-state index is 0.121. The normalized spacial score (nSPS) is 18.2. The summed E-state index contributed by atoms with van der Waals surface area (Å²) < 4.78 is 19.8. The Kier molecular flexibility index (Phi) is 6.79. The summed E-state index contributed by atoms with van der Waals surface area (Å²) in [5.74, 6) is -0.138. The number of aromatic nitrogens is 1.